The highest BCUT2D eigenvalue weighted by molar-refractivity contribution is 5.22. The van der Waals surface area contributed by atoms with Gasteiger partial charge in [0.2, 0.25) is 0 Å². The van der Waals surface area contributed by atoms with Crippen molar-refractivity contribution in [2.45, 2.75) is 12.5 Å². The highest BCUT2D eigenvalue weighted by Gasteiger charge is 2.17. The van der Waals surface area contributed by atoms with Gasteiger partial charge in [-0.05, 0) is 19.0 Å². The van der Waals surface area contributed by atoms with Gasteiger partial charge in [0.1, 0.15) is 11.6 Å². The van der Waals surface area contributed by atoms with Crippen molar-refractivity contribution in [3.8, 4) is 0 Å². The number of halogens is 2. The monoisotopic (exact) mass is 212 g/mol. The minimum atomic E-state index is -0.525. The Bertz CT molecular complexity index is 333. The third-order valence-electron chi connectivity index (χ3n) is 2.64. The molecule has 2 rings (SSSR count). The predicted octanol–water partition coefficient (Wildman–Crippen LogP) is 1.59. The molecule has 1 aliphatic rings. The number of hydrogen-bond donors (Lipinski definition) is 2. The summed E-state index contributed by atoms with van der Waals surface area (Å²) in [6.45, 7) is 2.55. The van der Waals surface area contributed by atoms with Crippen molar-refractivity contribution in [3.63, 3.8) is 0 Å². The lowest BCUT2D eigenvalue weighted by molar-refractivity contribution is 0.501. The zero-order chi connectivity index (χ0) is 10.7. The zero-order valence-electron chi connectivity index (χ0n) is 8.39. The highest BCUT2D eigenvalue weighted by Crippen LogP contribution is 2.21. The quantitative estimate of drug-likeness (QED) is 0.738. The predicted molar refractivity (Wildman–Crippen MR) is 54.6 cm³/mol. The lowest BCUT2D eigenvalue weighted by Gasteiger charge is -2.16. The number of benzene rings is 1. The molecule has 1 unspecified atom stereocenters. The van der Waals surface area contributed by atoms with Crippen molar-refractivity contribution >= 4 is 0 Å². The van der Waals surface area contributed by atoms with E-state index < -0.39 is 11.6 Å². The molecule has 4 heteroatoms. The van der Waals surface area contributed by atoms with Crippen molar-refractivity contribution in [2.24, 2.45) is 0 Å². The van der Waals surface area contributed by atoms with Gasteiger partial charge < -0.3 is 10.6 Å². The Morgan fingerprint density at radius 1 is 1.13 bits per heavy atom. The van der Waals surface area contributed by atoms with Gasteiger partial charge in [-0.2, -0.15) is 0 Å². The van der Waals surface area contributed by atoms with Crippen molar-refractivity contribution in [1.29, 1.82) is 0 Å². The molecule has 1 aromatic rings. The Morgan fingerprint density at radius 2 is 2.00 bits per heavy atom. The van der Waals surface area contributed by atoms with Crippen molar-refractivity contribution in [1.82, 2.24) is 10.6 Å². The van der Waals surface area contributed by atoms with E-state index in [4.69, 9.17) is 0 Å². The van der Waals surface area contributed by atoms with Crippen LogP contribution >= 0.6 is 0 Å². The van der Waals surface area contributed by atoms with Crippen LogP contribution < -0.4 is 10.6 Å². The summed E-state index contributed by atoms with van der Waals surface area (Å²) in [5.74, 6) is -0.989. The number of rotatable bonds is 1. The summed E-state index contributed by atoms with van der Waals surface area (Å²) in [4.78, 5) is 0. The van der Waals surface area contributed by atoms with Gasteiger partial charge in [0.05, 0.1) is 0 Å². The summed E-state index contributed by atoms with van der Waals surface area (Å²) in [6, 6.07) is 3.75. The van der Waals surface area contributed by atoms with Crippen LogP contribution in [0, 0.1) is 11.6 Å². The first-order valence-corrected chi connectivity index (χ1v) is 5.16. The van der Waals surface area contributed by atoms with E-state index in [0.717, 1.165) is 32.1 Å². The van der Waals surface area contributed by atoms with Crippen LogP contribution in [0.2, 0.25) is 0 Å². The molecule has 0 saturated carbocycles. The summed E-state index contributed by atoms with van der Waals surface area (Å²) in [6.07, 6.45) is 0.822. The molecule has 0 radical (unpaired) electrons. The van der Waals surface area contributed by atoms with Gasteiger partial charge in [0.25, 0.3) is 0 Å². The molecule has 0 aromatic heterocycles. The Labute approximate surface area is 87.7 Å². The molecule has 0 spiro atoms. The largest absolute Gasteiger partial charge is 0.315 e. The molecule has 0 bridgehead atoms. The highest BCUT2D eigenvalue weighted by atomic mass is 19.1. The van der Waals surface area contributed by atoms with Crippen LogP contribution in [0.1, 0.15) is 18.0 Å². The molecule has 15 heavy (non-hydrogen) atoms. The second kappa shape index (κ2) is 4.68. The summed E-state index contributed by atoms with van der Waals surface area (Å²) in [7, 11) is 0. The van der Waals surface area contributed by atoms with Crippen LogP contribution in [0.25, 0.3) is 0 Å². The van der Waals surface area contributed by atoms with Crippen LogP contribution in [-0.2, 0) is 0 Å². The summed E-state index contributed by atoms with van der Waals surface area (Å²) in [5, 5.41) is 6.45. The minimum Gasteiger partial charge on any atom is -0.315 e. The first kappa shape index (κ1) is 10.5. The van der Waals surface area contributed by atoms with Gasteiger partial charge >= 0.3 is 0 Å². The van der Waals surface area contributed by atoms with Crippen LogP contribution in [-0.4, -0.2) is 19.6 Å². The molecule has 1 atom stereocenters. The summed E-state index contributed by atoms with van der Waals surface area (Å²) < 4.78 is 26.2. The Kier molecular flexibility index (Phi) is 3.28. The van der Waals surface area contributed by atoms with Gasteiger partial charge in [-0.1, -0.05) is 6.07 Å². The van der Waals surface area contributed by atoms with Crippen molar-refractivity contribution < 1.29 is 8.78 Å². The van der Waals surface area contributed by atoms with E-state index in [1.54, 1.807) is 0 Å². The van der Waals surface area contributed by atoms with Crippen LogP contribution in [0.15, 0.2) is 18.2 Å². The molecule has 1 fully saturated rings. The van der Waals surface area contributed by atoms with Gasteiger partial charge in [-0.3, -0.25) is 0 Å². The van der Waals surface area contributed by atoms with Crippen LogP contribution in [0.3, 0.4) is 0 Å². The Hall–Kier alpha value is -1.00. The molecule has 0 aliphatic carbocycles. The van der Waals surface area contributed by atoms with Crippen LogP contribution in [0.5, 0.6) is 0 Å². The first-order chi connectivity index (χ1) is 7.27. The van der Waals surface area contributed by atoms with E-state index in [1.165, 1.54) is 12.1 Å². The maximum atomic E-state index is 13.5. The maximum absolute atomic E-state index is 13.5. The molecule has 1 heterocycles. The van der Waals surface area contributed by atoms with Gasteiger partial charge in [0, 0.05) is 30.8 Å². The Balaban J connectivity index is 2.19. The van der Waals surface area contributed by atoms with Crippen molar-refractivity contribution in [2.75, 3.05) is 19.6 Å². The smallest absolute Gasteiger partial charge is 0.130 e. The van der Waals surface area contributed by atoms with Crippen molar-refractivity contribution in [3.05, 3.63) is 35.4 Å². The maximum Gasteiger partial charge on any atom is 0.130 e. The second-order valence-electron chi connectivity index (χ2n) is 3.71. The molecule has 1 aromatic carbocycles. The number of nitrogens with one attached hydrogen (secondary N) is 2. The van der Waals surface area contributed by atoms with E-state index in [-0.39, 0.29) is 6.04 Å². The molecule has 2 N–H and O–H groups in total. The van der Waals surface area contributed by atoms with Gasteiger partial charge in [0.15, 0.2) is 0 Å². The fraction of sp³-hybridized carbons (Fsp3) is 0.455. The normalized spacial score (nSPS) is 22.4. The standard InChI is InChI=1S/C11H14F2N2/c12-8-1-2-9(10(13)7-8)11-3-4-14-5-6-15-11/h1-2,7,11,14-15H,3-6H2. The van der Waals surface area contributed by atoms with E-state index in [1.807, 2.05) is 0 Å². The molecular formula is C11H14F2N2. The Morgan fingerprint density at radius 3 is 2.80 bits per heavy atom. The average Bonchev–Trinajstić information content (AvgIpc) is 2.46. The molecule has 2 nitrogen and oxygen atoms in total. The van der Waals surface area contributed by atoms with Gasteiger partial charge in [-0.25, -0.2) is 8.78 Å². The molecule has 82 valence electrons. The topological polar surface area (TPSA) is 24.1 Å². The summed E-state index contributed by atoms with van der Waals surface area (Å²) in [5.41, 5.74) is 0.556. The third kappa shape index (κ3) is 2.52. The van der Waals surface area contributed by atoms with E-state index in [0.29, 0.717) is 5.56 Å². The molecule has 0 amide bonds. The fourth-order valence-electron chi connectivity index (χ4n) is 1.86. The van der Waals surface area contributed by atoms with E-state index in [2.05, 4.69) is 10.6 Å². The molecule has 1 aliphatic heterocycles. The number of hydrogen-bond acceptors (Lipinski definition) is 2. The minimum absolute atomic E-state index is 0.0133. The SMILES string of the molecule is Fc1ccc(C2CCNCCN2)c(F)c1. The van der Waals surface area contributed by atoms with Gasteiger partial charge in [-0.15, -0.1) is 0 Å². The second-order valence-corrected chi connectivity index (χ2v) is 3.71. The molecular weight excluding hydrogens is 198 g/mol. The third-order valence-corrected chi connectivity index (χ3v) is 2.64. The van der Waals surface area contributed by atoms with E-state index >= 15 is 0 Å². The lowest BCUT2D eigenvalue weighted by atomic mass is 10.0. The zero-order valence-corrected chi connectivity index (χ0v) is 8.39. The summed E-state index contributed by atoms with van der Waals surface area (Å²) >= 11 is 0. The van der Waals surface area contributed by atoms with E-state index in [9.17, 15) is 8.78 Å². The lowest BCUT2D eigenvalue weighted by Crippen LogP contribution is -2.24. The molecule has 1 saturated heterocycles. The van der Waals surface area contributed by atoms with Crippen LogP contribution in [0.4, 0.5) is 8.78 Å². The first-order valence-electron chi connectivity index (χ1n) is 5.16. The fourth-order valence-corrected chi connectivity index (χ4v) is 1.86. The average molecular weight is 212 g/mol.